The fourth-order valence-electron chi connectivity index (χ4n) is 2.31. The molecule has 0 spiro atoms. The lowest BCUT2D eigenvalue weighted by Crippen LogP contribution is -2.16. The van der Waals surface area contributed by atoms with Crippen molar-refractivity contribution in [3.63, 3.8) is 0 Å². The zero-order chi connectivity index (χ0) is 11.9. The number of anilines is 1. The Hall–Kier alpha value is -1.09. The Balaban J connectivity index is 1.83. The molecule has 3 nitrogen and oxygen atoms in total. The number of ether oxygens (including phenoxy) is 1. The predicted molar refractivity (Wildman–Crippen MR) is 70.1 cm³/mol. The predicted octanol–water partition coefficient (Wildman–Crippen LogP) is 3.36. The van der Waals surface area contributed by atoms with E-state index in [0.717, 1.165) is 17.9 Å². The first-order valence-electron chi connectivity index (χ1n) is 6.69. The van der Waals surface area contributed by atoms with Gasteiger partial charge in [0.1, 0.15) is 0 Å². The van der Waals surface area contributed by atoms with E-state index in [4.69, 9.17) is 4.74 Å². The minimum absolute atomic E-state index is 0.452. The van der Waals surface area contributed by atoms with Gasteiger partial charge in [0.05, 0.1) is 18.4 Å². The summed E-state index contributed by atoms with van der Waals surface area (Å²) in [4.78, 5) is 4.34. The number of aromatic nitrogens is 1. The van der Waals surface area contributed by atoms with Crippen LogP contribution in [0.3, 0.4) is 0 Å². The van der Waals surface area contributed by atoms with Crippen molar-refractivity contribution < 1.29 is 4.74 Å². The number of rotatable bonds is 5. The standard InChI is InChI=1S/C14H22N2O/c1-2-15-12-8-9-16-13(10-12)11-17-14-6-4-3-5-7-14/h8-10,14H,2-7,11H2,1H3,(H,15,16). The fraction of sp³-hybridized carbons (Fsp3) is 0.643. The largest absolute Gasteiger partial charge is 0.385 e. The van der Waals surface area contributed by atoms with E-state index >= 15 is 0 Å². The Bertz CT molecular complexity index is 335. The van der Waals surface area contributed by atoms with E-state index < -0.39 is 0 Å². The summed E-state index contributed by atoms with van der Waals surface area (Å²) >= 11 is 0. The van der Waals surface area contributed by atoms with Crippen LogP contribution in [0.1, 0.15) is 44.7 Å². The second-order valence-corrected chi connectivity index (χ2v) is 4.64. The van der Waals surface area contributed by atoms with Crippen LogP contribution < -0.4 is 5.32 Å². The summed E-state index contributed by atoms with van der Waals surface area (Å²) in [5.41, 5.74) is 2.15. The zero-order valence-corrected chi connectivity index (χ0v) is 10.6. The van der Waals surface area contributed by atoms with E-state index in [2.05, 4.69) is 23.3 Å². The van der Waals surface area contributed by atoms with Crippen molar-refractivity contribution in [1.29, 1.82) is 0 Å². The second-order valence-electron chi connectivity index (χ2n) is 4.64. The Morgan fingerprint density at radius 1 is 1.35 bits per heavy atom. The van der Waals surface area contributed by atoms with Gasteiger partial charge in [-0.15, -0.1) is 0 Å². The highest BCUT2D eigenvalue weighted by Gasteiger charge is 2.13. The van der Waals surface area contributed by atoms with Crippen molar-refractivity contribution in [3.8, 4) is 0 Å². The van der Waals surface area contributed by atoms with E-state index in [0.29, 0.717) is 12.7 Å². The smallest absolute Gasteiger partial charge is 0.0892 e. The third-order valence-electron chi connectivity index (χ3n) is 3.22. The fourth-order valence-corrected chi connectivity index (χ4v) is 2.31. The SMILES string of the molecule is CCNc1ccnc(COC2CCCCC2)c1. The molecule has 0 atom stereocenters. The van der Waals surface area contributed by atoms with E-state index in [-0.39, 0.29) is 0 Å². The molecular formula is C14H22N2O. The van der Waals surface area contributed by atoms with Crippen molar-refractivity contribution in [3.05, 3.63) is 24.0 Å². The molecule has 1 aliphatic carbocycles. The Labute approximate surface area is 104 Å². The van der Waals surface area contributed by atoms with Gasteiger partial charge in [0.15, 0.2) is 0 Å². The van der Waals surface area contributed by atoms with E-state index in [9.17, 15) is 0 Å². The van der Waals surface area contributed by atoms with Gasteiger partial charge in [0, 0.05) is 18.4 Å². The van der Waals surface area contributed by atoms with Gasteiger partial charge in [0.25, 0.3) is 0 Å². The molecule has 1 aliphatic rings. The summed E-state index contributed by atoms with van der Waals surface area (Å²) < 4.78 is 5.91. The summed E-state index contributed by atoms with van der Waals surface area (Å²) in [6, 6.07) is 4.07. The van der Waals surface area contributed by atoms with Crippen LogP contribution in [0.25, 0.3) is 0 Å². The van der Waals surface area contributed by atoms with Crippen molar-refractivity contribution >= 4 is 5.69 Å². The molecule has 0 radical (unpaired) electrons. The summed E-state index contributed by atoms with van der Waals surface area (Å²) in [6.45, 7) is 3.68. The molecule has 2 rings (SSSR count). The third kappa shape index (κ3) is 4.00. The van der Waals surface area contributed by atoms with Gasteiger partial charge in [-0.2, -0.15) is 0 Å². The molecule has 94 valence electrons. The number of nitrogens with zero attached hydrogens (tertiary/aromatic N) is 1. The molecule has 0 amide bonds. The van der Waals surface area contributed by atoms with Gasteiger partial charge in [0.2, 0.25) is 0 Å². The van der Waals surface area contributed by atoms with Crippen molar-refractivity contribution in [2.24, 2.45) is 0 Å². The topological polar surface area (TPSA) is 34.2 Å². The summed E-state index contributed by atoms with van der Waals surface area (Å²) in [5.74, 6) is 0. The molecule has 1 N–H and O–H groups in total. The van der Waals surface area contributed by atoms with E-state index in [1.54, 1.807) is 0 Å². The highest BCUT2D eigenvalue weighted by Crippen LogP contribution is 2.21. The molecule has 0 aliphatic heterocycles. The maximum atomic E-state index is 5.91. The minimum Gasteiger partial charge on any atom is -0.385 e. The van der Waals surface area contributed by atoms with E-state index in [1.807, 2.05) is 12.3 Å². The monoisotopic (exact) mass is 234 g/mol. The molecule has 1 aromatic heterocycles. The molecule has 1 fully saturated rings. The van der Waals surface area contributed by atoms with Gasteiger partial charge in [-0.1, -0.05) is 19.3 Å². The lowest BCUT2D eigenvalue weighted by Gasteiger charge is -2.21. The number of hydrogen-bond acceptors (Lipinski definition) is 3. The number of pyridine rings is 1. The van der Waals surface area contributed by atoms with Gasteiger partial charge < -0.3 is 10.1 Å². The highest BCUT2D eigenvalue weighted by atomic mass is 16.5. The van der Waals surface area contributed by atoms with Crippen LogP contribution in [0.4, 0.5) is 5.69 Å². The maximum absolute atomic E-state index is 5.91. The lowest BCUT2D eigenvalue weighted by molar-refractivity contribution is 0.0153. The molecule has 3 heteroatoms. The van der Waals surface area contributed by atoms with Gasteiger partial charge in [-0.05, 0) is 31.9 Å². The quantitative estimate of drug-likeness (QED) is 0.848. The molecule has 1 saturated carbocycles. The van der Waals surface area contributed by atoms with Gasteiger partial charge >= 0.3 is 0 Å². The normalized spacial score (nSPS) is 17.0. The van der Waals surface area contributed by atoms with Crippen molar-refractivity contribution in [1.82, 2.24) is 4.98 Å². The molecule has 1 aromatic rings. The van der Waals surface area contributed by atoms with Crippen LogP contribution >= 0.6 is 0 Å². The Morgan fingerprint density at radius 3 is 2.94 bits per heavy atom. The van der Waals surface area contributed by atoms with E-state index in [1.165, 1.54) is 32.1 Å². The molecule has 0 unspecified atom stereocenters. The molecule has 0 aromatic carbocycles. The number of nitrogens with one attached hydrogen (secondary N) is 1. The molecular weight excluding hydrogens is 212 g/mol. The Morgan fingerprint density at radius 2 is 2.18 bits per heavy atom. The average Bonchev–Trinajstić information content (AvgIpc) is 2.39. The zero-order valence-electron chi connectivity index (χ0n) is 10.6. The van der Waals surface area contributed by atoms with Crippen LogP contribution in [-0.4, -0.2) is 17.6 Å². The Kier molecular flexibility index (Phi) is 4.80. The summed E-state index contributed by atoms with van der Waals surface area (Å²) in [6.07, 6.45) is 8.73. The molecule has 0 bridgehead atoms. The average molecular weight is 234 g/mol. The molecule has 17 heavy (non-hydrogen) atoms. The van der Waals surface area contributed by atoms with Crippen molar-refractivity contribution in [2.75, 3.05) is 11.9 Å². The third-order valence-corrected chi connectivity index (χ3v) is 3.22. The highest BCUT2D eigenvalue weighted by molar-refractivity contribution is 5.42. The van der Waals surface area contributed by atoms with Gasteiger partial charge in [-0.3, -0.25) is 4.98 Å². The summed E-state index contributed by atoms with van der Waals surface area (Å²) in [5, 5.41) is 3.29. The first-order valence-corrected chi connectivity index (χ1v) is 6.69. The number of hydrogen-bond donors (Lipinski definition) is 1. The minimum atomic E-state index is 0.452. The second kappa shape index (κ2) is 6.60. The molecule has 0 saturated heterocycles. The first kappa shape index (κ1) is 12.4. The van der Waals surface area contributed by atoms with Crippen LogP contribution in [0, 0.1) is 0 Å². The maximum Gasteiger partial charge on any atom is 0.0892 e. The van der Waals surface area contributed by atoms with Crippen molar-refractivity contribution in [2.45, 2.75) is 51.7 Å². The van der Waals surface area contributed by atoms with Crippen LogP contribution in [0.15, 0.2) is 18.3 Å². The van der Waals surface area contributed by atoms with Gasteiger partial charge in [-0.25, -0.2) is 0 Å². The first-order chi connectivity index (χ1) is 8.38. The van der Waals surface area contributed by atoms with Crippen LogP contribution in [0.5, 0.6) is 0 Å². The summed E-state index contributed by atoms with van der Waals surface area (Å²) in [7, 11) is 0. The molecule has 1 heterocycles. The van der Waals surface area contributed by atoms with Crippen LogP contribution in [-0.2, 0) is 11.3 Å². The lowest BCUT2D eigenvalue weighted by atomic mass is 9.98. The van der Waals surface area contributed by atoms with Crippen LogP contribution in [0.2, 0.25) is 0 Å².